The number of amides is 2. The third-order valence-corrected chi connectivity index (χ3v) is 4.33. The van der Waals surface area contributed by atoms with Gasteiger partial charge in [-0.1, -0.05) is 18.0 Å². The van der Waals surface area contributed by atoms with Crippen LogP contribution in [0.1, 0.15) is 47.9 Å². The van der Waals surface area contributed by atoms with E-state index in [-0.39, 0.29) is 24.1 Å². The summed E-state index contributed by atoms with van der Waals surface area (Å²) in [7, 11) is 0. The summed E-state index contributed by atoms with van der Waals surface area (Å²) < 4.78 is 31.0. The van der Waals surface area contributed by atoms with Crippen LogP contribution in [0.4, 0.5) is 8.78 Å². The van der Waals surface area contributed by atoms with Gasteiger partial charge in [0.2, 0.25) is 12.3 Å². The number of halogens is 2. The van der Waals surface area contributed by atoms with Crippen LogP contribution in [0.3, 0.4) is 0 Å². The van der Waals surface area contributed by atoms with E-state index >= 15 is 0 Å². The molecule has 2 amide bonds. The smallest absolute Gasteiger partial charge is 0.251 e. The zero-order chi connectivity index (χ0) is 18.5. The number of nitrogens with one attached hydrogen (secondary N) is 1. The van der Waals surface area contributed by atoms with Crippen molar-refractivity contribution in [2.75, 3.05) is 13.1 Å². The van der Waals surface area contributed by atoms with Crippen LogP contribution in [0.15, 0.2) is 29.1 Å². The third kappa shape index (κ3) is 4.04. The van der Waals surface area contributed by atoms with E-state index in [0.717, 1.165) is 37.5 Å². The molecule has 0 radical (unpaired) electrons. The van der Waals surface area contributed by atoms with E-state index in [1.165, 1.54) is 6.39 Å². The van der Waals surface area contributed by atoms with Crippen molar-refractivity contribution in [1.82, 2.24) is 20.4 Å². The first kappa shape index (κ1) is 18.0. The summed E-state index contributed by atoms with van der Waals surface area (Å²) >= 11 is 0. The monoisotopic (exact) mass is 364 g/mol. The molecule has 138 valence electrons. The molecular weight excluding hydrogens is 346 g/mol. The van der Waals surface area contributed by atoms with E-state index in [4.69, 9.17) is 4.52 Å². The predicted molar refractivity (Wildman–Crippen MR) is 85.9 cm³/mol. The number of hydrogen-bond donors (Lipinski definition) is 1. The van der Waals surface area contributed by atoms with Crippen LogP contribution in [0, 0.1) is 11.6 Å². The van der Waals surface area contributed by atoms with Crippen LogP contribution in [-0.4, -0.2) is 39.9 Å². The van der Waals surface area contributed by atoms with Crippen molar-refractivity contribution in [2.24, 2.45) is 0 Å². The largest absolute Gasteiger partial charge is 0.343 e. The minimum absolute atomic E-state index is 0.0534. The summed E-state index contributed by atoms with van der Waals surface area (Å²) in [6.07, 6.45) is 4.69. The van der Waals surface area contributed by atoms with E-state index in [0.29, 0.717) is 18.8 Å². The van der Waals surface area contributed by atoms with Crippen molar-refractivity contribution < 1.29 is 22.9 Å². The summed E-state index contributed by atoms with van der Waals surface area (Å²) in [5.74, 6) is -2.66. The van der Waals surface area contributed by atoms with Gasteiger partial charge in [0.15, 0.2) is 17.5 Å². The van der Waals surface area contributed by atoms with Gasteiger partial charge < -0.3 is 14.7 Å². The van der Waals surface area contributed by atoms with Crippen molar-refractivity contribution in [1.29, 1.82) is 0 Å². The van der Waals surface area contributed by atoms with Gasteiger partial charge in [0, 0.05) is 12.1 Å². The molecule has 1 atom stereocenters. The van der Waals surface area contributed by atoms with Gasteiger partial charge in [0.05, 0.1) is 12.6 Å². The average Bonchev–Trinajstić information content (AvgIpc) is 3.06. The fourth-order valence-electron chi connectivity index (χ4n) is 3.00. The van der Waals surface area contributed by atoms with Crippen LogP contribution in [0.2, 0.25) is 0 Å². The topological polar surface area (TPSA) is 88.3 Å². The molecule has 1 N–H and O–H groups in total. The SMILES string of the molecule is O=C(NCC(=O)N1CCCCCC1c1ncon1)c1ccc(F)c(F)c1. The van der Waals surface area contributed by atoms with Gasteiger partial charge in [0.25, 0.3) is 5.91 Å². The Bertz CT molecular complexity index is 782. The van der Waals surface area contributed by atoms with Crippen molar-refractivity contribution in [3.8, 4) is 0 Å². The highest BCUT2D eigenvalue weighted by Crippen LogP contribution is 2.27. The maximum Gasteiger partial charge on any atom is 0.251 e. The summed E-state index contributed by atoms with van der Waals surface area (Å²) in [6.45, 7) is 0.269. The summed E-state index contributed by atoms with van der Waals surface area (Å²) in [6, 6.07) is 2.52. The van der Waals surface area contributed by atoms with E-state index in [2.05, 4.69) is 15.5 Å². The molecule has 0 aliphatic carbocycles. The maximum atomic E-state index is 13.2. The van der Waals surface area contributed by atoms with E-state index < -0.39 is 17.5 Å². The number of nitrogens with zero attached hydrogens (tertiary/aromatic N) is 3. The van der Waals surface area contributed by atoms with Crippen LogP contribution in [0.5, 0.6) is 0 Å². The van der Waals surface area contributed by atoms with Gasteiger partial charge in [-0.3, -0.25) is 9.59 Å². The number of hydrogen-bond acceptors (Lipinski definition) is 5. The molecule has 1 aliphatic rings. The molecule has 2 heterocycles. The molecule has 0 spiro atoms. The van der Waals surface area contributed by atoms with Crippen LogP contribution in [0.25, 0.3) is 0 Å². The molecule has 2 aromatic rings. The molecule has 26 heavy (non-hydrogen) atoms. The van der Waals surface area contributed by atoms with Gasteiger partial charge in [-0.2, -0.15) is 4.98 Å². The number of carbonyl (C=O) groups excluding carboxylic acids is 2. The Morgan fingerprint density at radius 1 is 1.23 bits per heavy atom. The standard InChI is InChI=1S/C17H18F2N4O3/c18-12-6-5-11(8-13(12)19)17(25)20-9-15(24)23-7-3-1-2-4-14(23)16-21-10-26-22-16/h5-6,8,10,14H,1-4,7,9H2,(H,20,25). The first-order valence-electron chi connectivity index (χ1n) is 8.35. The molecule has 1 aromatic carbocycles. The Labute approximate surface area is 148 Å². The molecule has 3 rings (SSSR count). The van der Waals surface area contributed by atoms with Gasteiger partial charge in [-0.05, 0) is 31.0 Å². The Hall–Kier alpha value is -2.84. The summed E-state index contributed by atoms with van der Waals surface area (Å²) in [5, 5.41) is 6.28. The van der Waals surface area contributed by atoms with Crippen molar-refractivity contribution in [3.63, 3.8) is 0 Å². The van der Waals surface area contributed by atoms with Gasteiger partial charge in [-0.25, -0.2) is 8.78 Å². The minimum atomic E-state index is -1.12. The lowest BCUT2D eigenvalue weighted by molar-refractivity contribution is -0.132. The Balaban J connectivity index is 1.65. The second kappa shape index (κ2) is 8.03. The Morgan fingerprint density at radius 2 is 2.08 bits per heavy atom. The lowest BCUT2D eigenvalue weighted by Gasteiger charge is -2.27. The fraction of sp³-hybridized carbons (Fsp3) is 0.412. The number of likely N-dealkylation sites (tertiary alicyclic amines) is 1. The first-order valence-corrected chi connectivity index (χ1v) is 8.35. The van der Waals surface area contributed by atoms with E-state index in [9.17, 15) is 18.4 Å². The van der Waals surface area contributed by atoms with Gasteiger partial charge in [-0.15, -0.1) is 0 Å². The second-order valence-electron chi connectivity index (χ2n) is 6.05. The van der Waals surface area contributed by atoms with E-state index in [1.54, 1.807) is 4.90 Å². The fourth-order valence-corrected chi connectivity index (χ4v) is 3.00. The maximum absolute atomic E-state index is 13.2. The molecule has 1 saturated heterocycles. The number of carbonyl (C=O) groups is 2. The highest BCUT2D eigenvalue weighted by atomic mass is 19.2. The Morgan fingerprint density at radius 3 is 2.81 bits per heavy atom. The molecule has 1 fully saturated rings. The van der Waals surface area contributed by atoms with E-state index in [1.807, 2.05) is 0 Å². The molecule has 0 bridgehead atoms. The summed E-state index contributed by atoms with van der Waals surface area (Å²) in [5.41, 5.74) is -0.0534. The molecule has 7 nitrogen and oxygen atoms in total. The quantitative estimate of drug-likeness (QED) is 0.899. The lowest BCUT2D eigenvalue weighted by atomic mass is 10.1. The number of aromatic nitrogens is 2. The third-order valence-electron chi connectivity index (χ3n) is 4.33. The molecule has 1 aliphatic heterocycles. The average molecular weight is 364 g/mol. The molecule has 1 aromatic heterocycles. The van der Waals surface area contributed by atoms with Crippen LogP contribution in [-0.2, 0) is 4.79 Å². The minimum Gasteiger partial charge on any atom is -0.343 e. The highest BCUT2D eigenvalue weighted by molar-refractivity contribution is 5.96. The van der Waals surface area contributed by atoms with Crippen molar-refractivity contribution in [2.45, 2.75) is 31.7 Å². The highest BCUT2D eigenvalue weighted by Gasteiger charge is 2.29. The number of benzene rings is 1. The Kier molecular flexibility index (Phi) is 5.55. The van der Waals surface area contributed by atoms with Gasteiger partial charge >= 0.3 is 0 Å². The molecule has 9 heteroatoms. The summed E-state index contributed by atoms with van der Waals surface area (Å²) in [4.78, 5) is 30.3. The normalized spacial score (nSPS) is 17.6. The first-order chi connectivity index (χ1) is 12.6. The van der Waals surface area contributed by atoms with Gasteiger partial charge in [0.1, 0.15) is 0 Å². The zero-order valence-corrected chi connectivity index (χ0v) is 14.0. The molecule has 1 unspecified atom stereocenters. The van der Waals surface area contributed by atoms with Crippen molar-refractivity contribution >= 4 is 11.8 Å². The second-order valence-corrected chi connectivity index (χ2v) is 6.05. The molecule has 0 saturated carbocycles. The van der Waals surface area contributed by atoms with Crippen LogP contribution >= 0.6 is 0 Å². The van der Waals surface area contributed by atoms with Crippen LogP contribution < -0.4 is 5.32 Å². The molecular formula is C17H18F2N4O3. The predicted octanol–water partition coefficient (Wildman–Crippen LogP) is 2.22. The zero-order valence-electron chi connectivity index (χ0n) is 14.0. The lowest BCUT2D eigenvalue weighted by Crippen LogP contribution is -2.42. The van der Waals surface area contributed by atoms with Crippen molar-refractivity contribution in [3.05, 3.63) is 47.6 Å². The number of rotatable bonds is 4.